The number of nitrogens with zero attached hydrogens (tertiary/aromatic N) is 2. The average Bonchev–Trinajstić information content (AvgIpc) is 2.77. The summed E-state index contributed by atoms with van der Waals surface area (Å²) in [5.74, 6) is 2.37. The van der Waals surface area contributed by atoms with Crippen molar-refractivity contribution in [2.45, 2.75) is 13.2 Å². The van der Waals surface area contributed by atoms with Gasteiger partial charge in [-0.25, -0.2) is 4.98 Å². The maximum Gasteiger partial charge on any atom is 0.146 e. The van der Waals surface area contributed by atoms with E-state index in [4.69, 9.17) is 15.2 Å². The highest BCUT2D eigenvalue weighted by molar-refractivity contribution is 5.32. The van der Waals surface area contributed by atoms with Crippen molar-refractivity contribution in [2.75, 3.05) is 7.11 Å². The van der Waals surface area contributed by atoms with Crippen LogP contribution in [0.5, 0.6) is 11.5 Å². The molecule has 0 saturated carbocycles. The molecule has 2 N–H and O–H groups in total. The summed E-state index contributed by atoms with van der Waals surface area (Å²) in [6, 6.07) is 7.49. The lowest BCUT2D eigenvalue weighted by Crippen LogP contribution is -2.08. The fraction of sp³-hybridized carbons (Fsp3) is 0.308. The number of rotatable bonds is 5. The van der Waals surface area contributed by atoms with E-state index in [1.54, 1.807) is 13.3 Å². The van der Waals surface area contributed by atoms with E-state index in [2.05, 4.69) is 4.98 Å². The average molecular weight is 247 g/mol. The van der Waals surface area contributed by atoms with Crippen molar-refractivity contribution in [3.8, 4) is 11.5 Å². The molecule has 0 aliphatic rings. The van der Waals surface area contributed by atoms with Crippen molar-refractivity contribution >= 4 is 0 Å². The number of nitrogens with two attached hydrogens (primary N) is 1. The molecule has 1 aromatic carbocycles. The molecule has 5 nitrogen and oxygen atoms in total. The van der Waals surface area contributed by atoms with Gasteiger partial charge in [-0.05, 0) is 12.1 Å². The summed E-state index contributed by atoms with van der Waals surface area (Å²) in [6.07, 6.45) is 1.77. The number of aromatic nitrogens is 2. The van der Waals surface area contributed by atoms with E-state index >= 15 is 0 Å². The van der Waals surface area contributed by atoms with Gasteiger partial charge >= 0.3 is 0 Å². The second-order valence-electron chi connectivity index (χ2n) is 3.90. The first-order valence-corrected chi connectivity index (χ1v) is 5.71. The van der Waals surface area contributed by atoms with E-state index in [1.165, 1.54) is 0 Å². The molecule has 0 radical (unpaired) electrons. The minimum Gasteiger partial charge on any atom is -0.497 e. The van der Waals surface area contributed by atoms with Gasteiger partial charge in [-0.2, -0.15) is 0 Å². The molecule has 0 fully saturated rings. The van der Waals surface area contributed by atoms with Gasteiger partial charge in [0.2, 0.25) is 0 Å². The van der Waals surface area contributed by atoms with Crippen LogP contribution in [0.25, 0.3) is 0 Å². The lowest BCUT2D eigenvalue weighted by Gasteiger charge is -2.08. The minimum absolute atomic E-state index is 0.406. The molecular weight excluding hydrogens is 230 g/mol. The summed E-state index contributed by atoms with van der Waals surface area (Å²) in [5, 5.41) is 0. The second-order valence-corrected chi connectivity index (χ2v) is 3.90. The summed E-state index contributed by atoms with van der Waals surface area (Å²) in [4.78, 5) is 4.27. The highest BCUT2D eigenvalue weighted by Crippen LogP contribution is 2.19. The Bertz CT molecular complexity index is 523. The summed E-state index contributed by atoms with van der Waals surface area (Å²) < 4.78 is 12.7. The Morgan fingerprint density at radius 2 is 2.11 bits per heavy atom. The third-order valence-corrected chi connectivity index (χ3v) is 2.80. The molecule has 0 unspecified atom stereocenters. The molecular formula is C13H17N3O2. The Balaban J connectivity index is 2.04. The van der Waals surface area contributed by atoms with Gasteiger partial charge in [-0.3, -0.25) is 0 Å². The van der Waals surface area contributed by atoms with E-state index in [-0.39, 0.29) is 0 Å². The van der Waals surface area contributed by atoms with Crippen LogP contribution in [0.15, 0.2) is 30.5 Å². The molecule has 0 aliphatic heterocycles. The Morgan fingerprint density at radius 3 is 2.78 bits per heavy atom. The fourth-order valence-electron chi connectivity index (χ4n) is 1.65. The van der Waals surface area contributed by atoms with Gasteiger partial charge in [0.1, 0.15) is 23.9 Å². The first kappa shape index (κ1) is 12.4. The van der Waals surface area contributed by atoms with Crippen molar-refractivity contribution in [1.29, 1.82) is 0 Å². The zero-order chi connectivity index (χ0) is 13.0. The van der Waals surface area contributed by atoms with Crippen molar-refractivity contribution < 1.29 is 9.47 Å². The molecule has 2 rings (SSSR count). The SMILES string of the molecule is COc1cccc(OCc2ncc(CN)n2C)c1. The van der Waals surface area contributed by atoms with Gasteiger partial charge in [-0.1, -0.05) is 6.07 Å². The molecule has 0 spiro atoms. The highest BCUT2D eigenvalue weighted by Gasteiger charge is 2.06. The number of imidazole rings is 1. The summed E-state index contributed by atoms with van der Waals surface area (Å²) in [7, 11) is 3.56. The van der Waals surface area contributed by atoms with Crippen LogP contribution in [0.2, 0.25) is 0 Å². The number of hydrogen-bond acceptors (Lipinski definition) is 4. The van der Waals surface area contributed by atoms with Crippen LogP contribution < -0.4 is 15.2 Å². The summed E-state index contributed by atoms with van der Waals surface area (Å²) >= 11 is 0. The molecule has 2 aromatic rings. The Morgan fingerprint density at radius 1 is 1.33 bits per heavy atom. The Hall–Kier alpha value is -2.01. The zero-order valence-corrected chi connectivity index (χ0v) is 10.6. The molecule has 1 heterocycles. The third-order valence-electron chi connectivity index (χ3n) is 2.80. The van der Waals surface area contributed by atoms with Crippen LogP contribution in [-0.4, -0.2) is 16.7 Å². The van der Waals surface area contributed by atoms with Crippen LogP contribution in [-0.2, 0) is 20.2 Å². The molecule has 0 bridgehead atoms. The highest BCUT2D eigenvalue weighted by atomic mass is 16.5. The number of benzene rings is 1. The molecule has 18 heavy (non-hydrogen) atoms. The smallest absolute Gasteiger partial charge is 0.146 e. The molecule has 96 valence electrons. The van der Waals surface area contributed by atoms with E-state index in [0.29, 0.717) is 13.2 Å². The van der Waals surface area contributed by atoms with Crippen molar-refractivity contribution in [3.63, 3.8) is 0 Å². The first-order valence-electron chi connectivity index (χ1n) is 5.71. The monoisotopic (exact) mass is 247 g/mol. The Labute approximate surface area is 106 Å². The lowest BCUT2D eigenvalue weighted by molar-refractivity contribution is 0.289. The maximum atomic E-state index is 5.67. The number of hydrogen-bond donors (Lipinski definition) is 1. The normalized spacial score (nSPS) is 10.4. The van der Waals surface area contributed by atoms with E-state index in [9.17, 15) is 0 Å². The van der Waals surface area contributed by atoms with Gasteiger partial charge in [0.25, 0.3) is 0 Å². The van der Waals surface area contributed by atoms with Gasteiger partial charge in [0, 0.05) is 25.9 Å². The fourth-order valence-corrected chi connectivity index (χ4v) is 1.65. The molecule has 0 aliphatic carbocycles. The standard InChI is InChI=1S/C13H17N3O2/c1-16-10(7-14)8-15-13(16)9-18-12-5-3-4-11(6-12)17-2/h3-6,8H,7,9,14H2,1-2H3. The Kier molecular flexibility index (Phi) is 3.84. The predicted octanol–water partition coefficient (Wildman–Crippen LogP) is 1.47. The lowest BCUT2D eigenvalue weighted by atomic mass is 10.3. The van der Waals surface area contributed by atoms with Crippen molar-refractivity contribution in [3.05, 3.63) is 42.0 Å². The zero-order valence-electron chi connectivity index (χ0n) is 10.6. The summed E-state index contributed by atoms with van der Waals surface area (Å²) in [6.45, 7) is 0.881. The van der Waals surface area contributed by atoms with E-state index in [1.807, 2.05) is 35.9 Å². The van der Waals surface area contributed by atoms with Crippen LogP contribution in [0.3, 0.4) is 0 Å². The van der Waals surface area contributed by atoms with Crippen LogP contribution >= 0.6 is 0 Å². The molecule has 5 heteroatoms. The van der Waals surface area contributed by atoms with Gasteiger partial charge < -0.3 is 19.8 Å². The summed E-state index contributed by atoms with van der Waals surface area (Å²) in [5.41, 5.74) is 6.58. The minimum atomic E-state index is 0.406. The largest absolute Gasteiger partial charge is 0.497 e. The van der Waals surface area contributed by atoms with Crippen molar-refractivity contribution in [2.24, 2.45) is 12.8 Å². The molecule has 0 amide bonds. The van der Waals surface area contributed by atoms with Crippen LogP contribution in [0, 0.1) is 0 Å². The van der Waals surface area contributed by atoms with Gasteiger partial charge in [-0.15, -0.1) is 0 Å². The molecule has 0 saturated heterocycles. The molecule has 0 atom stereocenters. The van der Waals surface area contributed by atoms with Crippen LogP contribution in [0.4, 0.5) is 0 Å². The van der Waals surface area contributed by atoms with E-state index < -0.39 is 0 Å². The first-order chi connectivity index (χ1) is 8.74. The van der Waals surface area contributed by atoms with Gasteiger partial charge in [0.05, 0.1) is 12.8 Å². The molecule has 1 aromatic heterocycles. The van der Waals surface area contributed by atoms with Gasteiger partial charge in [0.15, 0.2) is 0 Å². The number of methoxy groups -OCH3 is 1. The van der Waals surface area contributed by atoms with Crippen molar-refractivity contribution in [1.82, 2.24) is 9.55 Å². The third kappa shape index (κ3) is 2.62. The predicted molar refractivity (Wildman–Crippen MR) is 68.4 cm³/mol. The van der Waals surface area contributed by atoms with Crippen LogP contribution in [0.1, 0.15) is 11.5 Å². The quantitative estimate of drug-likeness (QED) is 0.869. The topological polar surface area (TPSA) is 62.3 Å². The maximum absolute atomic E-state index is 5.67. The second kappa shape index (κ2) is 5.55. The number of ether oxygens (including phenoxy) is 2. The van der Waals surface area contributed by atoms with E-state index in [0.717, 1.165) is 23.0 Å².